The van der Waals surface area contributed by atoms with Crippen LogP contribution in [0.3, 0.4) is 0 Å². The lowest BCUT2D eigenvalue weighted by molar-refractivity contribution is -0.122. The summed E-state index contributed by atoms with van der Waals surface area (Å²) in [6.07, 6.45) is 5.11. The Kier molecular flexibility index (Phi) is 4.19. The summed E-state index contributed by atoms with van der Waals surface area (Å²) in [7, 11) is 0. The lowest BCUT2D eigenvalue weighted by Gasteiger charge is -2.27. The molecule has 1 saturated carbocycles. The zero-order chi connectivity index (χ0) is 13.8. The van der Waals surface area contributed by atoms with Crippen molar-refractivity contribution in [2.45, 2.75) is 51.7 Å². The number of hydrogen-bond donors (Lipinski definition) is 2. The molecule has 0 aromatic carbocycles. The second-order valence-electron chi connectivity index (χ2n) is 5.23. The second-order valence-corrected chi connectivity index (χ2v) is 5.23. The van der Waals surface area contributed by atoms with Crippen LogP contribution in [0.2, 0.25) is 0 Å². The number of aromatic nitrogens is 2. The number of amides is 1. The van der Waals surface area contributed by atoms with Crippen molar-refractivity contribution in [1.82, 2.24) is 15.1 Å². The average molecular weight is 264 g/mol. The SMILES string of the molecule is CC(C)NC(=O)Cn1ncc(NC2CCC2)cc1=O. The Labute approximate surface area is 112 Å². The van der Waals surface area contributed by atoms with E-state index in [1.165, 1.54) is 17.2 Å². The molecule has 1 aromatic heterocycles. The first-order valence-electron chi connectivity index (χ1n) is 6.67. The molecule has 1 fully saturated rings. The van der Waals surface area contributed by atoms with Crippen LogP contribution in [0.25, 0.3) is 0 Å². The highest BCUT2D eigenvalue weighted by Crippen LogP contribution is 2.21. The molecule has 0 saturated heterocycles. The van der Waals surface area contributed by atoms with E-state index in [4.69, 9.17) is 0 Å². The standard InChI is InChI=1S/C13H20N4O2/c1-9(2)15-12(18)8-17-13(19)6-11(7-14-17)16-10-4-3-5-10/h6-7,9-10,16H,3-5,8H2,1-2H3,(H,15,18). The number of nitrogens with zero attached hydrogens (tertiary/aromatic N) is 2. The minimum atomic E-state index is -0.261. The minimum Gasteiger partial charge on any atom is -0.381 e. The van der Waals surface area contributed by atoms with Crippen LogP contribution in [0, 0.1) is 0 Å². The Morgan fingerprint density at radius 1 is 1.53 bits per heavy atom. The number of rotatable bonds is 5. The lowest BCUT2D eigenvalue weighted by Crippen LogP contribution is -2.37. The largest absolute Gasteiger partial charge is 0.381 e. The third kappa shape index (κ3) is 3.81. The minimum absolute atomic E-state index is 0.0410. The first-order valence-corrected chi connectivity index (χ1v) is 6.67. The van der Waals surface area contributed by atoms with Crippen LogP contribution in [-0.4, -0.2) is 27.8 Å². The first kappa shape index (κ1) is 13.6. The van der Waals surface area contributed by atoms with Gasteiger partial charge in [-0.3, -0.25) is 9.59 Å². The van der Waals surface area contributed by atoms with Gasteiger partial charge in [-0.1, -0.05) is 0 Å². The summed E-state index contributed by atoms with van der Waals surface area (Å²) >= 11 is 0. The van der Waals surface area contributed by atoms with Gasteiger partial charge in [0.25, 0.3) is 5.56 Å². The average Bonchev–Trinajstić information content (AvgIpc) is 2.26. The van der Waals surface area contributed by atoms with Crippen molar-refractivity contribution in [2.24, 2.45) is 0 Å². The van der Waals surface area contributed by atoms with E-state index >= 15 is 0 Å². The van der Waals surface area contributed by atoms with E-state index in [0.717, 1.165) is 18.5 Å². The normalized spacial score (nSPS) is 15.1. The molecule has 1 aromatic rings. The van der Waals surface area contributed by atoms with E-state index in [1.54, 1.807) is 6.20 Å². The molecule has 0 aliphatic heterocycles. The first-order chi connectivity index (χ1) is 9.04. The monoisotopic (exact) mass is 264 g/mol. The van der Waals surface area contributed by atoms with Gasteiger partial charge in [-0.15, -0.1) is 0 Å². The van der Waals surface area contributed by atoms with Crippen LogP contribution < -0.4 is 16.2 Å². The predicted octanol–water partition coefficient (Wildman–Crippen LogP) is 0.732. The van der Waals surface area contributed by atoms with Crippen LogP contribution in [0.4, 0.5) is 5.69 Å². The van der Waals surface area contributed by atoms with Crippen LogP contribution >= 0.6 is 0 Å². The molecule has 6 heteroatoms. The van der Waals surface area contributed by atoms with E-state index in [-0.39, 0.29) is 24.1 Å². The lowest BCUT2D eigenvalue weighted by atomic mass is 9.93. The van der Waals surface area contributed by atoms with Crippen molar-refractivity contribution in [3.63, 3.8) is 0 Å². The zero-order valence-electron chi connectivity index (χ0n) is 11.3. The van der Waals surface area contributed by atoms with E-state index < -0.39 is 0 Å². The molecule has 2 N–H and O–H groups in total. The molecule has 0 radical (unpaired) electrons. The number of carbonyl (C=O) groups excluding carboxylic acids is 1. The predicted molar refractivity (Wildman–Crippen MR) is 73.0 cm³/mol. The maximum atomic E-state index is 11.8. The summed E-state index contributed by atoms with van der Waals surface area (Å²) in [5, 5.41) is 10.0. The zero-order valence-corrected chi connectivity index (χ0v) is 11.3. The molecule has 104 valence electrons. The summed E-state index contributed by atoms with van der Waals surface area (Å²) in [4.78, 5) is 23.4. The number of carbonyl (C=O) groups is 1. The van der Waals surface area contributed by atoms with E-state index in [9.17, 15) is 9.59 Å². The molecule has 6 nitrogen and oxygen atoms in total. The van der Waals surface area contributed by atoms with Gasteiger partial charge in [-0.05, 0) is 33.1 Å². The third-order valence-electron chi connectivity index (χ3n) is 3.09. The van der Waals surface area contributed by atoms with Gasteiger partial charge in [-0.25, -0.2) is 4.68 Å². The van der Waals surface area contributed by atoms with Crippen LogP contribution in [0.15, 0.2) is 17.1 Å². The molecular weight excluding hydrogens is 244 g/mol. The van der Waals surface area contributed by atoms with Gasteiger partial charge >= 0.3 is 0 Å². The molecule has 0 bridgehead atoms. The van der Waals surface area contributed by atoms with Crippen molar-refractivity contribution < 1.29 is 4.79 Å². The molecular formula is C13H20N4O2. The smallest absolute Gasteiger partial charge is 0.269 e. The quantitative estimate of drug-likeness (QED) is 0.822. The van der Waals surface area contributed by atoms with Crippen LogP contribution in [0.1, 0.15) is 33.1 Å². The summed E-state index contributed by atoms with van der Waals surface area (Å²) in [5.74, 6) is -0.204. The molecule has 0 spiro atoms. The molecule has 1 heterocycles. The fourth-order valence-electron chi connectivity index (χ4n) is 1.92. The summed E-state index contributed by atoms with van der Waals surface area (Å²) < 4.78 is 1.17. The van der Waals surface area contributed by atoms with Gasteiger partial charge in [0.1, 0.15) is 6.54 Å². The highest BCUT2D eigenvalue weighted by atomic mass is 16.2. The van der Waals surface area contributed by atoms with Gasteiger partial charge < -0.3 is 10.6 Å². The molecule has 0 atom stereocenters. The topological polar surface area (TPSA) is 76.0 Å². The maximum Gasteiger partial charge on any atom is 0.269 e. The summed E-state index contributed by atoms with van der Waals surface area (Å²) in [5.41, 5.74) is 0.471. The fourth-order valence-corrected chi connectivity index (χ4v) is 1.92. The van der Waals surface area contributed by atoms with Crippen molar-refractivity contribution in [3.8, 4) is 0 Å². The van der Waals surface area contributed by atoms with Gasteiger partial charge in [0.15, 0.2) is 0 Å². The molecule has 0 unspecified atom stereocenters. The Morgan fingerprint density at radius 3 is 2.79 bits per heavy atom. The van der Waals surface area contributed by atoms with Crippen LogP contribution in [0.5, 0.6) is 0 Å². The van der Waals surface area contributed by atoms with Gasteiger partial charge in [0, 0.05) is 18.2 Å². The Bertz CT molecular complexity index is 506. The molecule has 1 aliphatic carbocycles. The molecule has 1 amide bonds. The van der Waals surface area contributed by atoms with E-state index in [2.05, 4.69) is 15.7 Å². The van der Waals surface area contributed by atoms with Crippen molar-refractivity contribution in [2.75, 3.05) is 5.32 Å². The maximum absolute atomic E-state index is 11.8. The summed E-state index contributed by atoms with van der Waals surface area (Å²) in [6, 6.07) is 2.01. The van der Waals surface area contributed by atoms with E-state index in [0.29, 0.717) is 6.04 Å². The number of anilines is 1. The highest BCUT2D eigenvalue weighted by Gasteiger charge is 2.17. The van der Waals surface area contributed by atoms with Crippen molar-refractivity contribution in [1.29, 1.82) is 0 Å². The van der Waals surface area contributed by atoms with Crippen LogP contribution in [-0.2, 0) is 11.3 Å². The Hall–Kier alpha value is -1.85. The van der Waals surface area contributed by atoms with Gasteiger partial charge in [-0.2, -0.15) is 5.10 Å². The Morgan fingerprint density at radius 2 is 2.26 bits per heavy atom. The molecule has 1 aliphatic rings. The highest BCUT2D eigenvalue weighted by molar-refractivity contribution is 5.75. The third-order valence-corrected chi connectivity index (χ3v) is 3.09. The second kappa shape index (κ2) is 5.86. The van der Waals surface area contributed by atoms with Gasteiger partial charge in [0.05, 0.1) is 11.9 Å². The molecule has 2 rings (SSSR count). The van der Waals surface area contributed by atoms with Crippen molar-refractivity contribution in [3.05, 3.63) is 22.6 Å². The Balaban J connectivity index is 1.98. The molecule has 19 heavy (non-hydrogen) atoms. The van der Waals surface area contributed by atoms with Gasteiger partial charge in [0.2, 0.25) is 5.91 Å². The van der Waals surface area contributed by atoms with Crippen molar-refractivity contribution >= 4 is 11.6 Å². The summed E-state index contributed by atoms with van der Waals surface area (Å²) in [6.45, 7) is 3.71. The fraction of sp³-hybridized carbons (Fsp3) is 0.615. The van der Waals surface area contributed by atoms with E-state index in [1.807, 2.05) is 13.8 Å². The number of nitrogens with one attached hydrogen (secondary N) is 2. The number of hydrogen-bond acceptors (Lipinski definition) is 4.